The molecule has 0 aliphatic heterocycles. The maximum absolute atomic E-state index is 5.28. The van der Waals surface area contributed by atoms with Crippen LogP contribution in [0.5, 0.6) is 6.01 Å². The predicted molar refractivity (Wildman–Crippen MR) is 65.0 cm³/mol. The van der Waals surface area contributed by atoms with E-state index in [-0.39, 0.29) is 12.0 Å². The minimum Gasteiger partial charge on any atom is -0.464 e. The molecule has 7 nitrogen and oxygen atoms in total. The number of nitrogen functional groups attached to an aromatic ring is 1. The molecule has 2 rings (SSSR count). The Kier molecular flexibility index (Phi) is 4.07. The van der Waals surface area contributed by atoms with E-state index in [0.717, 1.165) is 4.34 Å². The molecule has 0 amide bonds. The Hall–Kier alpha value is -1.45. The molecule has 0 unspecified atom stereocenters. The van der Waals surface area contributed by atoms with Crippen molar-refractivity contribution in [2.24, 2.45) is 5.84 Å². The molecule has 0 bridgehead atoms. The molecule has 0 aliphatic carbocycles. The van der Waals surface area contributed by atoms with Crippen molar-refractivity contribution < 1.29 is 4.74 Å². The number of aromatic nitrogens is 4. The van der Waals surface area contributed by atoms with Gasteiger partial charge in [-0.25, -0.2) is 10.8 Å². The van der Waals surface area contributed by atoms with E-state index in [1.165, 1.54) is 23.1 Å². The number of anilines is 1. The highest BCUT2D eigenvalue weighted by molar-refractivity contribution is 8.00. The van der Waals surface area contributed by atoms with E-state index in [4.69, 9.17) is 10.6 Å². The number of ether oxygens (including phenoxy) is 1. The summed E-state index contributed by atoms with van der Waals surface area (Å²) in [6, 6.07) is 0.245. The molecular weight excluding hydrogens is 260 g/mol. The van der Waals surface area contributed by atoms with E-state index in [2.05, 4.69) is 25.4 Å². The van der Waals surface area contributed by atoms with Gasteiger partial charge in [0.15, 0.2) is 4.34 Å². The van der Waals surface area contributed by atoms with Gasteiger partial charge in [0.25, 0.3) is 0 Å². The quantitative estimate of drug-likeness (QED) is 0.617. The molecule has 3 N–H and O–H groups in total. The van der Waals surface area contributed by atoms with Crippen molar-refractivity contribution in [2.75, 3.05) is 12.0 Å². The summed E-state index contributed by atoms with van der Waals surface area (Å²) in [5, 5.41) is 2.38. The zero-order chi connectivity index (χ0) is 12.1. The number of nitrogens with zero attached hydrogens (tertiary/aromatic N) is 4. The molecule has 0 radical (unpaired) electrons. The second-order valence-corrected chi connectivity index (χ2v) is 4.81. The first-order valence-electron chi connectivity index (χ1n) is 4.74. The van der Waals surface area contributed by atoms with Crippen molar-refractivity contribution in [3.05, 3.63) is 11.6 Å². The number of hydrazine groups is 1. The summed E-state index contributed by atoms with van der Waals surface area (Å²) < 4.78 is 6.07. The van der Waals surface area contributed by atoms with Crippen molar-refractivity contribution >= 4 is 29.0 Å². The van der Waals surface area contributed by atoms with Crippen LogP contribution in [-0.4, -0.2) is 26.5 Å². The van der Waals surface area contributed by atoms with Crippen LogP contribution in [0.1, 0.15) is 6.92 Å². The lowest BCUT2D eigenvalue weighted by Gasteiger charge is -2.04. The molecule has 17 heavy (non-hydrogen) atoms. The molecule has 90 valence electrons. The zero-order valence-electron chi connectivity index (χ0n) is 8.95. The lowest BCUT2D eigenvalue weighted by Crippen LogP contribution is -2.12. The molecule has 2 aromatic heterocycles. The third-order valence-electron chi connectivity index (χ3n) is 1.59. The topological polar surface area (TPSA) is 98.8 Å². The Labute approximate surface area is 106 Å². The van der Waals surface area contributed by atoms with Gasteiger partial charge in [-0.05, 0) is 18.7 Å². The maximum Gasteiger partial charge on any atom is 0.322 e. The van der Waals surface area contributed by atoms with Gasteiger partial charge in [-0.15, -0.1) is 11.3 Å². The fourth-order valence-corrected chi connectivity index (χ4v) is 2.45. The third-order valence-corrected chi connectivity index (χ3v) is 3.33. The summed E-state index contributed by atoms with van der Waals surface area (Å²) in [5.74, 6) is 5.54. The lowest BCUT2D eigenvalue weighted by atomic mass is 10.8. The zero-order valence-corrected chi connectivity index (χ0v) is 10.6. The molecule has 0 aromatic carbocycles. The molecule has 0 aliphatic rings. The highest BCUT2D eigenvalue weighted by atomic mass is 32.2. The van der Waals surface area contributed by atoms with Crippen molar-refractivity contribution in [3.8, 4) is 6.01 Å². The summed E-state index contributed by atoms with van der Waals surface area (Å²) >= 11 is 2.84. The van der Waals surface area contributed by atoms with Crippen molar-refractivity contribution in [2.45, 2.75) is 16.4 Å². The molecule has 0 spiro atoms. The van der Waals surface area contributed by atoms with Crippen LogP contribution < -0.4 is 16.0 Å². The summed E-state index contributed by atoms with van der Waals surface area (Å²) in [6.45, 7) is 2.34. The summed E-state index contributed by atoms with van der Waals surface area (Å²) in [6.07, 6.45) is 1.72. The minimum atomic E-state index is 0.245. The van der Waals surface area contributed by atoms with Crippen LogP contribution >= 0.6 is 23.1 Å². The van der Waals surface area contributed by atoms with Gasteiger partial charge in [0.1, 0.15) is 0 Å². The molecule has 0 saturated heterocycles. The third kappa shape index (κ3) is 3.25. The van der Waals surface area contributed by atoms with Crippen LogP contribution in [0.3, 0.4) is 0 Å². The van der Waals surface area contributed by atoms with Crippen LogP contribution in [0.4, 0.5) is 5.95 Å². The normalized spacial score (nSPS) is 10.2. The van der Waals surface area contributed by atoms with E-state index in [1.807, 2.05) is 12.3 Å². The van der Waals surface area contributed by atoms with Gasteiger partial charge in [0.05, 0.1) is 6.61 Å². The summed E-state index contributed by atoms with van der Waals surface area (Å²) in [5.41, 5.74) is 2.37. The number of thiazole rings is 1. The Balaban J connectivity index is 2.23. The van der Waals surface area contributed by atoms with E-state index in [0.29, 0.717) is 11.8 Å². The second kappa shape index (κ2) is 5.75. The van der Waals surface area contributed by atoms with Crippen molar-refractivity contribution in [3.63, 3.8) is 0 Å². The van der Waals surface area contributed by atoms with Crippen molar-refractivity contribution in [1.29, 1.82) is 0 Å². The van der Waals surface area contributed by atoms with Gasteiger partial charge in [-0.1, -0.05) is 0 Å². The molecule has 2 aromatic rings. The van der Waals surface area contributed by atoms with Gasteiger partial charge < -0.3 is 4.74 Å². The molecule has 0 atom stereocenters. The van der Waals surface area contributed by atoms with Gasteiger partial charge in [0, 0.05) is 11.6 Å². The highest BCUT2D eigenvalue weighted by Crippen LogP contribution is 2.27. The Bertz CT molecular complexity index is 477. The van der Waals surface area contributed by atoms with Crippen molar-refractivity contribution in [1.82, 2.24) is 19.9 Å². The summed E-state index contributed by atoms with van der Waals surface area (Å²) in [7, 11) is 0. The molecule has 0 fully saturated rings. The highest BCUT2D eigenvalue weighted by Gasteiger charge is 2.09. The molecule has 9 heteroatoms. The van der Waals surface area contributed by atoms with Gasteiger partial charge >= 0.3 is 6.01 Å². The Morgan fingerprint density at radius 1 is 1.47 bits per heavy atom. The fourth-order valence-electron chi connectivity index (χ4n) is 0.981. The van der Waals surface area contributed by atoms with Crippen LogP contribution in [0.25, 0.3) is 0 Å². The fraction of sp³-hybridized carbons (Fsp3) is 0.250. The number of hydrogen-bond acceptors (Lipinski definition) is 9. The number of rotatable bonds is 5. The average molecular weight is 270 g/mol. The SMILES string of the molecule is CCOc1nc(NN)nc(Sc2nccs2)n1. The van der Waals surface area contributed by atoms with Crippen LogP contribution in [0, 0.1) is 0 Å². The Morgan fingerprint density at radius 3 is 3.00 bits per heavy atom. The van der Waals surface area contributed by atoms with Gasteiger partial charge in [-0.3, -0.25) is 5.43 Å². The number of hydrogen-bond donors (Lipinski definition) is 2. The van der Waals surface area contributed by atoms with Gasteiger partial charge in [-0.2, -0.15) is 15.0 Å². The van der Waals surface area contributed by atoms with Gasteiger partial charge in [0.2, 0.25) is 11.1 Å². The first-order valence-corrected chi connectivity index (χ1v) is 6.44. The monoisotopic (exact) mass is 270 g/mol. The van der Waals surface area contributed by atoms with E-state index >= 15 is 0 Å². The van der Waals surface area contributed by atoms with Crippen LogP contribution in [0.2, 0.25) is 0 Å². The standard InChI is InChI=1S/C8H10N6OS2/c1-2-15-6-11-5(14-9)12-7(13-6)17-8-10-3-4-16-8/h3-4H,2,9H2,1H3,(H,11,12,13,14). The van der Waals surface area contributed by atoms with E-state index < -0.39 is 0 Å². The predicted octanol–water partition coefficient (Wildman–Crippen LogP) is 1.16. The number of nitrogens with one attached hydrogen (secondary N) is 1. The average Bonchev–Trinajstić information content (AvgIpc) is 2.82. The van der Waals surface area contributed by atoms with Crippen LogP contribution in [-0.2, 0) is 0 Å². The Morgan fingerprint density at radius 2 is 2.35 bits per heavy atom. The smallest absolute Gasteiger partial charge is 0.322 e. The van der Waals surface area contributed by atoms with Crippen LogP contribution in [0.15, 0.2) is 21.1 Å². The van der Waals surface area contributed by atoms with E-state index in [1.54, 1.807) is 6.20 Å². The minimum absolute atomic E-state index is 0.245. The first-order chi connectivity index (χ1) is 8.31. The summed E-state index contributed by atoms with van der Waals surface area (Å²) in [4.78, 5) is 16.3. The lowest BCUT2D eigenvalue weighted by molar-refractivity contribution is 0.308. The molecule has 2 heterocycles. The maximum atomic E-state index is 5.28. The van der Waals surface area contributed by atoms with E-state index in [9.17, 15) is 0 Å². The molecule has 0 saturated carbocycles. The first kappa shape index (κ1) is 12.0. The second-order valence-electron chi connectivity index (χ2n) is 2.70. The largest absolute Gasteiger partial charge is 0.464 e. The molecular formula is C8H10N6OS2. The number of nitrogens with two attached hydrogens (primary N) is 1.